The van der Waals surface area contributed by atoms with E-state index in [1.165, 1.54) is 13.2 Å². The minimum Gasteiger partial charge on any atom is -0.508 e. The molecule has 0 fully saturated rings. The van der Waals surface area contributed by atoms with E-state index in [0.29, 0.717) is 5.56 Å². The van der Waals surface area contributed by atoms with E-state index < -0.39 is 17.9 Å². The fourth-order valence-corrected chi connectivity index (χ4v) is 1.46. The summed E-state index contributed by atoms with van der Waals surface area (Å²) >= 11 is 0. The average molecular weight is 240 g/mol. The van der Waals surface area contributed by atoms with Crippen molar-refractivity contribution in [2.45, 2.75) is 12.8 Å². The molecule has 0 unspecified atom stereocenters. The lowest BCUT2D eigenvalue weighted by Crippen LogP contribution is -2.21. The molecule has 0 saturated carbocycles. The fraction of sp³-hybridized carbons (Fsp3) is 0.273. The summed E-state index contributed by atoms with van der Waals surface area (Å²) in [4.78, 5) is 21.7. The molecule has 17 heavy (non-hydrogen) atoms. The fourth-order valence-electron chi connectivity index (χ4n) is 1.46. The van der Waals surface area contributed by atoms with Crippen molar-refractivity contribution in [2.75, 3.05) is 7.11 Å². The summed E-state index contributed by atoms with van der Waals surface area (Å²) in [7, 11) is 1.35. The molecule has 0 amide bonds. The lowest BCUT2D eigenvalue weighted by molar-refractivity contribution is -0.150. The summed E-state index contributed by atoms with van der Waals surface area (Å²) in [6.07, 6.45) is 0. The van der Waals surface area contributed by atoms with E-state index in [9.17, 15) is 14.7 Å². The molecule has 0 heterocycles. The van der Waals surface area contributed by atoms with Gasteiger partial charge in [-0.1, -0.05) is 0 Å². The molecule has 0 radical (unpaired) electrons. The summed E-state index contributed by atoms with van der Waals surface area (Å²) < 4.78 is 4.93. The largest absolute Gasteiger partial charge is 0.508 e. The molecule has 6 nitrogen and oxygen atoms in total. The summed E-state index contributed by atoms with van der Waals surface area (Å²) in [5.41, 5.74) is 0.385. The normalized spacial score (nSPS) is 10.3. The van der Waals surface area contributed by atoms with Crippen LogP contribution in [0.2, 0.25) is 0 Å². The molecule has 6 heteroatoms. The number of methoxy groups -OCH3 is 1. The molecule has 0 aromatic heterocycles. The van der Waals surface area contributed by atoms with Gasteiger partial charge in [0.05, 0.1) is 7.11 Å². The second kappa shape index (κ2) is 4.73. The monoisotopic (exact) mass is 240 g/mol. The number of hydrogen-bond donors (Lipinski definition) is 3. The lowest BCUT2D eigenvalue weighted by atomic mass is 9.97. The molecule has 0 bridgehead atoms. The minimum absolute atomic E-state index is 0.0371. The second-order valence-electron chi connectivity index (χ2n) is 3.48. The molecule has 0 atom stereocenters. The number of ether oxygens (including phenoxy) is 1. The van der Waals surface area contributed by atoms with Crippen molar-refractivity contribution in [1.29, 1.82) is 0 Å². The standard InChI is InChI=1S/C11H12O6/c1-5-7(12)3-6(4-8(5)17-2)9(10(13)14)11(15)16/h3-4,9,12H,1-2H3,(H,13,14)(H,15,16). The first kappa shape index (κ1) is 12.8. The van der Waals surface area contributed by atoms with Crippen molar-refractivity contribution in [3.05, 3.63) is 23.3 Å². The number of rotatable bonds is 4. The van der Waals surface area contributed by atoms with Crippen LogP contribution in [0.25, 0.3) is 0 Å². The van der Waals surface area contributed by atoms with E-state index in [2.05, 4.69) is 0 Å². The van der Waals surface area contributed by atoms with E-state index in [1.807, 2.05) is 0 Å². The zero-order chi connectivity index (χ0) is 13.2. The Hall–Kier alpha value is -2.24. The van der Waals surface area contributed by atoms with Gasteiger partial charge in [0.1, 0.15) is 11.5 Å². The van der Waals surface area contributed by atoms with Crippen LogP contribution in [0.4, 0.5) is 0 Å². The highest BCUT2D eigenvalue weighted by Gasteiger charge is 2.29. The van der Waals surface area contributed by atoms with Crippen LogP contribution in [0.1, 0.15) is 17.0 Å². The Morgan fingerprint density at radius 2 is 1.76 bits per heavy atom. The van der Waals surface area contributed by atoms with Crippen LogP contribution in [0.5, 0.6) is 11.5 Å². The Morgan fingerprint density at radius 1 is 1.24 bits per heavy atom. The van der Waals surface area contributed by atoms with Gasteiger partial charge >= 0.3 is 11.9 Å². The SMILES string of the molecule is COc1cc(C(C(=O)O)C(=O)O)cc(O)c1C. The molecule has 1 aromatic rings. The smallest absolute Gasteiger partial charge is 0.322 e. The minimum atomic E-state index is -1.73. The molecule has 3 N–H and O–H groups in total. The molecular weight excluding hydrogens is 228 g/mol. The predicted molar refractivity (Wildman–Crippen MR) is 57.4 cm³/mol. The van der Waals surface area contributed by atoms with E-state index >= 15 is 0 Å². The van der Waals surface area contributed by atoms with Gasteiger partial charge in [0.2, 0.25) is 0 Å². The van der Waals surface area contributed by atoms with Crippen LogP contribution in [0.3, 0.4) is 0 Å². The molecule has 0 saturated heterocycles. The van der Waals surface area contributed by atoms with Crippen molar-refractivity contribution in [1.82, 2.24) is 0 Å². The number of aliphatic carboxylic acids is 2. The first-order valence-electron chi connectivity index (χ1n) is 4.71. The average Bonchev–Trinajstić information content (AvgIpc) is 2.21. The molecule has 0 aliphatic rings. The third-order valence-electron chi connectivity index (χ3n) is 2.40. The van der Waals surface area contributed by atoms with Gasteiger partial charge in [-0.05, 0) is 24.6 Å². The van der Waals surface area contributed by atoms with Crippen molar-refractivity contribution in [3.63, 3.8) is 0 Å². The topological polar surface area (TPSA) is 104 Å². The van der Waals surface area contributed by atoms with Gasteiger partial charge in [-0.25, -0.2) is 0 Å². The number of benzene rings is 1. The van der Waals surface area contributed by atoms with Gasteiger partial charge in [0.25, 0.3) is 0 Å². The Labute approximate surface area is 97.1 Å². The first-order chi connectivity index (χ1) is 7.88. The lowest BCUT2D eigenvalue weighted by Gasteiger charge is -2.12. The highest BCUT2D eigenvalue weighted by molar-refractivity contribution is 5.99. The van der Waals surface area contributed by atoms with Crippen molar-refractivity contribution < 1.29 is 29.6 Å². The predicted octanol–water partition coefficient (Wildman–Crippen LogP) is 0.962. The van der Waals surface area contributed by atoms with E-state index in [4.69, 9.17) is 14.9 Å². The van der Waals surface area contributed by atoms with E-state index in [-0.39, 0.29) is 17.1 Å². The number of carboxylic acid groups (broad SMARTS) is 2. The van der Waals surface area contributed by atoms with Crippen LogP contribution in [0, 0.1) is 6.92 Å². The van der Waals surface area contributed by atoms with Gasteiger partial charge in [-0.3, -0.25) is 9.59 Å². The summed E-state index contributed by atoms with van der Waals surface area (Å²) in [6.45, 7) is 1.58. The number of phenolic OH excluding ortho intramolecular Hbond substituents is 1. The third-order valence-corrected chi connectivity index (χ3v) is 2.40. The maximum Gasteiger partial charge on any atom is 0.322 e. The second-order valence-corrected chi connectivity index (χ2v) is 3.48. The third kappa shape index (κ3) is 2.47. The summed E-state index contributed by atoms with van der Waals surface area (Å²) in [5.74, 6) is -4.68. The van der Waals surface area contributed by atoms with Gasteiger partial charge in [-0.15, -0.1) is 0 Å². The molecular formula is C11H12O6. The maximum atomic E-state index is 10.8. The zero-order valence-corrected chi connectivity index (χ0v) is 9.30. The molecule has 0 aliphatic carbocycles. The molecule has 1 aromatic carbocycles. The van der Waals surface area contributed by atoms with Gasteiger partial charge < -0.3 is 20.1 Å². The van der Waals surface area contributed by atoms with Crippen molar-refractivity contribution in [2.24, 2.45) is 0 Å². The summed E-state index contributed by atoms with van der Waals surface area (Å²) in [5, 5.41) is 27.2. The number of aromatic hydroxyl groups is 1. The van der Waals surface area contributed by atoms with Gasteiger partial charge in [0, 0.05) is 5.56 Å². The molecule has 0 aliphatic heterocycles. The van der Waals surface area contributed by atoms with Crippen LogP contribution in [0.15, 0.2) is 12.1 Å². The number of carboxylic acids is 2. The maximum absolute atomic E-state index is 10.8. The van der Waals surface area contributed by atoms with Crippen molar-refractivity contribution in [3.8, 4) is 11.5 Å². The number of phenols is 1. The van der Waals surface area contributed by atoms with E-state index in [0.717, 1.165) is 6.07 Å². The Morgan fingerprint density at radius 3 is 2.18 bits per heavy atom. The van der Waals surface area contributed by atoms with Crippen LogP contribution in [-0.4, -0.2) is 34.4 Å². The van der Waals surface area contributed by atoms with Gasteiger partial charge in [-0.2, -0.15) is 0 Å². The summed E-state index contributed by atoms with van der Waals surface area (Å²) in [6, 6.07) is 2.41. The Bertz CT molecular complexity index is 451. The van der Waals surface area contributed by atoms with Crippen LogP contribution >= 0.6 is 0 Å². The number of hydrogen-bond acceptors (Lipinski definition) is 4. The van der Waals surface area contributed by atoms with Gasteiger partial charge in [0.15, 0.2) is 5.92 Å². The zero-order valence-electron chi connectivity index (χ0n) is 9.30. The number of carbonyl (C=O) groups is 2. The molecule has 1 rings (SSSR count). The first-order valence-corrected chi connectivity index (χ1v) is 4.71. The Kier molecular flexibility index (Phi) is 3.57. The quantitative estimate of drug-likeness (QED) is 0.677. The highest BCUT2D eigenvalue weighted by atomic mass is 16.5. The van der Waals surface area contributed by atoms with Crippen LogP contribution < -0.4 is 4.74 Å². The molecule has 0 spiro atoms. The Balaban J connectivity index is 3.35. The van der Waals surface area contributed by atoms with Crippen molar-refractivity contribution >= 4 is 11.9 Å². The highest BCUT2D eigenvalue weighted by Crippen LogP contribution is 2.32. The molecule has 92 valence electrons. The van der Waals surface area contributed by atoms with E-state index in [1.54, 1.807) is 6.92 Å². The van der Waals surface area contributed by atoms with Crippen LogP contribution in [-0.2, 0) is 9.59 Å².